The maximum Gasteiger partial charge on any atom is 0.257 e. The van der Waals surface area contributed by atoms with Gasteiger partial charge < -0.3 is 5.32 Å². The molecule has 0 spiro atoms. The number of hydrogen-bond donors (Lipinski definition) is 1. The second kappa shape index (κ2) is 6.98. The predicted molar refractivity (Wildman–Crippen MR) is 107 cm³/mol. The normalized spacial score (nSPS) is 13.7. The maximum atomic E-state index is 12.8. The number of amidine groups is 1. The molecule has 0 unspecified atom stereocenters. The van der Waals surface area contributed by atoms with E-state index in [4.69, 9.17) is 4.98 Å². The van der Waals surface area contributed by atoms with Gasteiger partial charge in [-0.25, -0.2) is 4.98 Å². The summed E-state index contributed by atoms with van der Waals surface area (Å²) in [5.41, 5.74) is 3.13. The van der Waals surface area contributed by atoms with E-state index in [2.05, 4.69) is 26.2 Å². The summed E-state index contributed by atoms with van der Waals surface area (Å²) in [6.07, 6.45) is 0. The van der Waals surface area contributed by atoms with Crippen molar-refractivity contribution in [2.45, 2.75) is 0 Å². The Morgan fingerprint density at radius 2 is 2.00 bits per heavy atom. The van der Waals surface area contributed by atoms with Crippen LogP contribution >= 0.6 is 27.7 Å². The van der Waals surface area contributed by atoms with Gasteiger partial charge in [0, 0.05) is 21.2 Å². The molecular weight excluding hydrogens is 398 g/mol. The average Bonchev–Trinajstić information content (AvgIpc) is 3.13. The lowest BCUT2D eigenvalue weighted by Crippen LogP contribution is -2.27. The van der Waals surface area contributed by atoms with Crippen molar-refractivity contribution in [1.82, 2.24) is 10.3 Å². The van der Waals surface area contributed by atoms with Crippen LogP contribution in [0.15, 0.2) is 64.1 Å². The lowest BCUT2D eigenvalue weighted by Gasteiger charge is -2.10. The van der Waals surface area contributed by atoms with Crippen LogP contribution in [-0.2, 0) is 0 Å². The Kier molecular flexibility index (Phi) is 4.55. The molecule has 0 fully saturated rings. The van der Waals surface area contributed by atoms with Crippen molar-refractivity contribution >= 4 is 49.7 Å². The number of pyridine rings is 1. The van der Waals surface area contributed by atoms with Gasteiger partial charge in [-0.1, -0.05) is 58.0 Å². The van der Waals surface area contributed by atoms with Crippen molar-refractivity contribution < 1.29 is 4.79 Å². The van der Waals surface area contributed by atoms with Gasteiger partial charge in [0.05, 0.1) is 23.3 Å². The lowest BCUT2D eigenvalue weighted by atomic mass is 10.0. The zero-order valence-electron chi connectivity index (χ0n) is 13.2. The molecule has 6 heteroatoms. The molecule has 1 N–H and O–H groups in total. The number of aromatic nitrogens is 1. The SMILES string of the molecule is O=C(NC1=NCCS1)c1cc(-c2cccc(Br)c2)nc2ccccc12. The highest BCUT2D eigenvalue weighted by Gasteiger charge is 2.17. The van der Waals surface area contributed by atoms with E-state index in [9.17, 15) is 4.79 Å². The number of benzene rings is 2. The summed E-state index contributed by atoms with van der Waals surface area (Å²) in [6.45, 7) is 0.751. The summed E-state index contributed by atoms with van der Waals surface area (Å²) in [4.78, 5) is 21.8. The smallest absolute Gasteiger partial charge is 0.257 e. The predicted octanol–water partition coefficient (Wildman–Crippen LogP) is 4.50. The summed E-state index contributed by atoms with van der Waals surface area (Å²) < 4.78 is 0.975. The molecule has 0 saturated heterocycles. The van der Waals surface area contributed by atoms with Gasteiger partial charge in [-0.2, -0.15) is 0 Å². The molecule has 4 rings (SSSR count). The summed E-state index contributed by atoms with van der Waals surface area (Å²) in [5, 5.41) is 4.44. The second-order valence-corrected chi connectivity index (χ2v) is 7.57. The van der Waals surface area contributed by atoms with Crippen molar-refractivity contribution in [2.24, 2.45) is 4.99 Å². The summed E-state index contributed by atoms with van der Waals surface area (Å²) in [5.74, 6) is 0.763. The van der Waals surface area contributed by atoms with Crippen LogP contribution in [0.2, 0.25) is 0 Å². The van der Waals surface area contributed by atoms with Crippen LogP contribution in [0.3, 0.4) is 0 Å². The third-order valence-electron chi connectivity index (χ3n) is 3.89. The first-order valence-electron chi connectivity index (χ1n) is 7.85. The lowest BCUT2D eigenvalue weighted by molar-refractivity contribution is 0.0979. The van der Waals surface area contributed by atoms with Gasteiger partial charge in [-0.15, -0.1) is 0 Å². The molecule has 1 aliphatic rings. The monoisotopic (exact) mass is 411 g/mol. The topological polar surface area (TPSA) is 54.4 Å². The van der Waals surface area contributed by atoms with Crippen molar-refractivity contribution in [2.75, 3.05) is 12.3 Å². The van der Waals surface area contributed by atoms with Crippen LogP contribution in [0.4, 0.5) is 0 Å². The number of rotatable bonds is 2. The van der Waals surface area contributed by atoms with Gasteiger partial charge in [-0.3, -0.25) is 9.79 Å². The third kappa shape index (κ3) is 3.45. The van der Waals surface area contributed by atoms with Gasteiger partial charge >= 0.3 is 0 Å². The molecule has 2 heterocycles. The number of carbonyl (C=O) groups excluding carboxylic acids is 1. The molecule has 0 radical (unpaired) electrons. The molecule has 124 valence electrons. The molecule has 0 bridgehead atoms. The number of nitrogens with one attached hydrogen (secondary N) is 1. The van der Waals surface area contributed by atoms with Gasteiger partial charge in [0.2, 0.25) is 0 Å². The number of aliphatic imine (C=N–C) groups is 1. The van der Waals surface area contributed by atoms with E-state index < -0.39 is 0 Å². The second-order valence-electron chi connectivity index (χ2n) is 5.57. The van der Waals surface area contributed by atoms with E-state index in [0.29, 0.717) is 10.7 Å². The number of halogens is 1. The van der Waals surface area contributed by atoms with E-state index in [1.807, 2.05) is 54.6 Å². The zero-order chi connectivity index (χ0) is 17.2. The van der Waals surface area contributed by atoms with Crippen molar-refractivity contribution in [3.8, 4) is 11.3 Å². The fourth-order valence-electron chi connectivity index (χ4n) is 2.73. The Balaban J connectivity index is 1.82. The summed E-state index contributed by atoms with van der Waals surface area (Å²) in [6, 6.07) is 17.4. The molecule has 1 amide bonds. The standard InChI is InChI=1S/C19H14BrN3OS/c20-13-5-3-4-12(10-13)17-11-15(14-6-1-2-7-16(14)22-17)18(24)23-19-21-8-9-25-19/h1-7,10-11H,8-9H2,(H,21,23,24). The number of nitrogens with zero attached hydrogens (tertiary/aromatic N) is 2. The van der Waals surface area contributed by atoms with Crippen LogP contribution < -0.4 is 5.32 Å². The number of thioether (sulfide) groups is 1. The van der Waals surface area contributed by atoms with Crippen LogP contribution in [-0.4, -0.2) is 28.4 Å². The van der Waals surface area contributed by atoms with Crippen LogP contribution in [0.5, 0.6) is 0 Å². The first-order valence-corrected chi connectivity index (χ1v) is 9.63. The summed E-state index contributed by atoms with van der Waals surface area (Å²) >= 11 is 5.06. The Morgan fingerprint density at radius 3 is 2.80 bits per heavy atom. The Labute approximate surface area is 157 Å². The van der Waals surface area contributed by atoms with E-state index in [1.54, 1.807) is 11.8 Å². The Bertz CT molecular complexity index is 1000. The van der Waals surface area contributed by atoms with Gasteiger partial charge in [0.25, 0.3) is 5.91 Å². The highest BCUT2D eigenvalue weighted by Crippen LogP contribution is 2.27. The van der Waals surface area contributed by atoms with Crippen molar-refractivity contribution in [3.63, 3.8) is 0 Å². The minimum absolute atomic E-state index is 0.150. The Morgan fingerprint density at radius 1 is 1.12 bits per heavy atom. The highest BCUT2D eigenvalue weighted by molar-refractivity contribution is 9.10. The largest absolute Gasteiger partial charge is 0.301 e. The average molecular weight is 412 g/mol. The van der Waals surface area contributed by atoms with Gasteiger partial charge in [0.15, 0.2) is 5.17 Å². The molecule has 1 aromatic heterocycles. The first kappa shape index (κ1) is 16.3. The quantitative estimate of drug-likeness (QED) is 0.675. The van der Waals surface area contributed by atoms with E-state index in [1.165, 1.54) is 0 Å². The van der Waals surface area contributed by atoms with Crippen LogP contribution in [0.25, 0.3) is 22.2 Å². The molecule has 0 atom stereocenters. The van der Waals surface area contributed by atoms with E-state index >= 15 is 0 Å². The van der Waals surface area contributed by atoms with Crippen LogP contribution in [0.1, 0.15) is 10.4 Å². The zero-order valence-corrected chi connectivity index (χ0v) is 15.6. The third-order valence-corrected chi connectivity index (χ3v) is 5.27. The minimum atomic E-state index is -0.150. The van der Waals surface area contributed by atoms with Crippen LogP contribution in [0, 0.1) is 0 Å². The fourth-order valence-corrected chi connectivity index (χ4v) is 3.86. The fraction of sp³-hybridized carbons (Fsp3) is 0.105. The molecule has 2 aromatic carbocycles. The van der Waals surface area contributed by atoms with Gasteiger partial charge in [-0.05, 0) is 24.3 Å². The van der Waals surface area contributed by atoms with Crippen molar-refractivity contribution in [1.29, 1.82) is 0 Å². The molecule has 1 aliphatic heterocycles. The molecule has 0 aliphatic carbocycles. The van der Waals surface area contributed by atoms with Gasteiger partial charge in [0.1, 0.15) is 0 Å². The maximum absolute atomic E-state index is 12.8. The molecule has 3 aromatic rings. The number of carbonyl (C=O) groups is 1. The molecular formula is C19H14BrN3OS. The molecule has 25 heavy (non-hydrogen) atoms. The van der Waals surface area contributed by atoms with Crippen molar-refractivity contribution in [3.05, 3.63) is 64.6 Å². The number of amides is 1. The first-order chi connectivity index (χ1) is 12.2. The number of para-hydroxylation sites is 1. The number of hydrogen-bond acceptors (Lipinski definition) is 4. The van der Waals surface area contributed by atoms with E-state index in [-0.39, 0.29) is 5.91 Å². The minimum Gasteiger partial charge on any atom is -0.301 e. The number of fused-ring (bicyclic) bond motifs is 1. The van der Waals surface area contributed by atoms with E-state index in [0.717, 1.165) is 38.9 Å². The molecule has 4 nitrogen and oxygen atoms in total. The Hall–Kier alpha value is -2.18. The molecule has 0 saturated carbocycles. The highest BCUT2D eigenvalue weighted by atomic mass is 79.9. The summed E-state index contributed by atoms with van der Waals surface area (Å²) in [7, 11) is 0.